The zero-order valence-corrected chi connectivity index (χ0v) is 13.9. The lowest BCUT2D eigenvalue weighted by molar-refractivity contribution is 0.0930. The minimum atomic E-state index is -0.182. The molecule has 0 unspecified atom stereocenters. The predicted octanol–water partition coefficient (Wildman–Crippen LogP) is 3.16. The van der Waals surface area contributed by atoms with Crippen LogP contribution in [0.2, 0.25) is 0 Å². The standard InChI is InChI=1S/C19H20N4O2/c24-15-11-12-20-18-16(19(25)21-14-9-5-2-6-10-14)17(22-23(15)18)13-7-3-1-4-8-13/h1,3-4,7-8,11-12,14,24H,2,5-6,9-10H2,(H,21,25). The summed E-state index contributed by atoms with van der Waals surface area (Å²) in [5.74, 6) is -0.224. The molecule has 1 fully saturated rings. The molecule has 0 atom stereocenters. The maximum absolute atomic E-state index is 13.0. The van der Waals surface area contributed by atoms with Gasteiger partial charge in [0.15, 0.2) is 5.65 Å². The number of amides is 1. The van der Waals surface area contributed by atoms with Gasteiger partial charge in [0.25, 0.3) is 5.91 Å². The van der Waals surface area contributed by atoms with Gasteiger partial charge in [-0.3, -0.25) is 4.79 Å². The van der Waals surface area contributed by atoms with E-state index in [4.69, 9.17) is 0 Å². The van der Waals surface area contributed by atoms with Crippen molar-refractivity contribution in [2.75, 3.05) is 0 Å². The van der Waals surface area contributed by atoms with E-state index < -0.39 is 0 Å². The first kappa shape index (κ1) is 15.6. The van der Waals surface area contributed by atoms with Crippen LogP contribution in [-0.2, 0) is 0 Å². The van der Waals surface area contributed by atoms with Crippen LogP contribution in [0.15, 0.2) is 42.6 Å². The molecule has 1 saturated carbocycles. The minimum absolute atomic E-state index is 0.0427. The summed E-state index contributed by atoms with van der Waals surface area (Å²) in [7, 11) is 0. The third-order valence-electron chi connectivity index (χ3n) is 4.71. The molecule has 1 aliphatic carbocycles. The zero-order chi connectivity index (χ0) is 17.2. The minimum Gasteiger partial charge on any atom is -0.493 e. The average molecular weight is 336 g/mol. The van der Waals surface area contributed by atoms with Crippen LogP contribution in [-0.4, -0.2) is 31.7 Å². The van der Waals surface area contributed by atoms with Gasteiger partial charge in [0.05, 0.1) is 0 Å². The van der Waals surface area contributed by atoms with Gasteiger partial charge in [0, 0.05) is 23.9 Å². The van der Waals surface area contributed by atoms with Crippen molar-refractivity contribution < 1.29 is 9.90 Å². The van der Waals surface area contributed by atoms with E-state index in [2.05, 4.69) is 15.4 Å². The Morgan fingerprint density at radius 2 is 1.88 bits per heavy atom. The third kappa shape index (κ3) is 2.95. The van der Waals surface area contributed by atoms with Gasteiger partial charge in [-0.1, -0.05) is 49.6 Å². The summed E-state index contributed by atoms with van der Waals surface area (Å²) < 4.78 is 1.32. The molecule has 0 bridgehead atoms. The molecule has 2 heterocycles. The Bertz CT molecular complexity index is 898. The number of nitrogens with zero attached hydrogens (tertiary/aromatic N) is 3. The number of rotatable bonds is 3. The van der Waals surface area contributed by atoms with E-state index in [0.29, 0.717) is 16.9 Å². The van der Waals surface area contributed by atoms with Crippen molar-refractivity contribution in [2.24, 2.45) is 0 Å². The topological polar surface area (TPSA) is 79.5 Å². The molecule has 0 saturated heterocycles. The summed E-state index contributed by atoms with van der Waals surface area (Å²) in [5.41, 5.74) is 2.13. The lowest BCUT2D eigenvalue weighted by Gasteiger charge is -2.22. The quantitative estimate of drug-likeness (QED) is 0.770. The van der Waals surface area contributed by atoms with Gasteiger partial charge in [0.2, 0.25) is 5.88 Å². The largest absolute Gasteiger partial charge is 0.493 e. The zero-order valence-electron chi connectivity index (χ0n) is 13.9. The van der Waals surface area contributed by atoms with E-state index in [0.717, 1.165) is 31.2 Å². The Kier molecular flexibility index (Phi) is 4.09. The monoisotopic (exact) mass is 336 g/mol. The number of nitrogens with one attached hydrogen (secondary N) is 1. The SMILES string of the molecule is O=C(NC1CCCCC1)c1c(-c2ccccc2)nn2c(O)ccnc12. The molecule has 4 rings (SSSR count). The second kappa shape index (κ2) is 6.55. The highest BCUT2D eigenvalue weighted by Crippen LogP contribution is 2.28. The first-order chi connectivity index (χ1) is 12.2. The molecule has 1 amide bonds. The maximum Gasteiger partial charge on any atom is 0.257 e. The molecule has 0 spiro atoms. The van der Waals surface area contributed by atoms with E-state index in [-0.39, 0.29) is 17.8 Å². The molecule has 3 aromatic rings. The fourth-order valence-electron chi connectivity index (χ4n) is 3.44. The molecule has 2 aromatic heterocycles. The summed E-state index contributed by atoms with van der Waals surface area (Å²) >= 11 is 0. The first-order valence-electron chi connectivity index (χ1n) is 8.67. The fraction of sp³-hybridized carbons (Fsp3) is 0.316. The van der Waals surface area contributed by atoms with E-state index >= 15 is 0 Å². The van der Waals surface area contributed by atoms with Crippen LogP contribution in [0.5, 0.6) is 5.88 Å². The summed E-state index contributed by atoms with van der Waals surface area (Å²) in [6, 6.07) is 11.2. The van der Waals surface area contributed by atoms with E-state index in [1.54, 1.807) is 0 Å². The van der Waals surface area contributed by atoms with Crippen LogP contribution in [0.1, 0.15) is 42.5 Å². The molecule has 6 nitrogen and oxygen atoms in total. The van der Waals surface area contributed by atoms with Gasteiger partial charge < -0.3 is 10.4 Å². The Hall–Kier alpha value is -2.89. The summed E-state index contributed by atoms with van der Waals surface area (Å²) in [6.07, 6.45) is 7.01. The second-order valence-electron chi connectivity index (χ2n) is 6.44. The van der Waals surface area contributed by atoms with E-state index in [1.165, 1.54) is 23.2 Å². The molecule has 128 valence electrons. The normalized spacial score (nSPS) is 15.4. The molecule has 0 radical (unpaired) electrons. The molecule has 0 aliphatic heterocycles. The molecule has 2 N–H and O–H groups in total. The highest BCUT2D eigenvalue weighted by molar-refractivity contribution is 6.05. The van der Waals surface area contributed by atoms with Crippen LogP contribution in [0, 0.1) is 0 Å². The number of aromatic hydroxyl groups is 1. The lowest BCUT2D eigenvalue weighted by atomic mass is 9.95. The number of carbonyl (C=O) groups excluding carboxylic acids is 1. The van der Waals surface area contributed by atoms with Crippen molar-refractivity contribution in [3.63, 3.8) is 0 Å². The van der Waals surface area contributed by atoms with E-state index in [9.17, 15) is 9.90 Å². The first-order valence-corrected chi connectivity index (χ1v) is 8.67. The van der Waals surface area contributed by atoms with Crippen molar-refractivity contribution in [2.45, 2.75) is 38.1 Å². The Morgan fingerprint density at radius 3 is 2.64 bits per heavy atom. The number of benzene rings is 1. The third-order valence-corrected chi connectivity index (χ3v) is 4.71. The Labute approximate surface area is 145 Å². The van der Waals surface area contributed by atoms with Crippen molar-refractivity contribution >= 4 is 11.6 Å². The van der Waals surface area contributed by atoms with Gasteiger partial charge in [-0.15, -0.1) is 0 Å². The maximum atomic E-state index is 13.0. The second-order valence-corrected chi connectivity index (χ2v) is 6.44. The highest BCUT2D eigenvalue weighted by Gasteiger charge is 2.25. The number of aromatic nitrogens is 3. The van der Waals surface area contributed by atoms with Crippen LogP contribution in [0.3, 0.4) is 0 Å². The van der Waals surface area contributed by atoms with Crippen molar-refractivity contribution in [3.8, 4) is 17.1 Å². The summed E-state index contributed by atoms with van der Waals surface area (Å²) in [5, 5.41) is 17.7. The lowest BCUT2D eigenvalue weighted by Crippen LogP contribution is -2.36. The highest BCUT2D eigenvalue weighted by atomic mass is 16.3. The number of carbonyl (C=O) groups is 1. The number of hydrogen-bond acceptors (Lipinski definition) is 4. The summed E-state index contributed by atoms with van der Waals surface area (Å²) in [6.45, 7) is 0. The van der Waals surface area contributed by atoms with Crippen molar-refractivity contribution in [1.82, 2.24) is 19.9 Å². The molecule has 1 aliphatic rings. The Morgan fingerprint density at radius 1 is 1.12 bits per heavy atom. The van der Waals surface area contributed by atoms with E-state index in [1.807, 2.05) is 30.3 Å². The van der Waals surface area contributed by atoms with Gasteiger partial charge in [-0.2, -0.15) is 9.61 Å². The molecular weight excluding hydrogens is 316 g/mol. The molecule has 1 aromatic carbocycles. The predicted molar refractivity (Wildman–Crippen MR) is 94.4 cm³/mol. The van der Waals surface area contributed by atoms with Crippen molar-refractivity contribution in [1.29, 1.82) is 0 Å². The van der Waals surface area contributed by atoms with Gasteiger partial charge in [0.1, 0.15) is 11.3 Å². The average Bonchev–Trinajstić information content (AvgIpc) is 3.04. The van der Waals surface area contributed by atoms with Crippen LogP contribution < -0.4 is 5.32 Å². The van der Waals surface area contributed by atoms with Gasteiger partial charge in [-0.05, 0) is 12.8 Å². The number of fused-ring (bicyclic) bond motifs is 1. The smallest absolute Gasteiger partial charge is 0.257 e. The van der Waals surface area contributed by atoms with Crippen LogP contribution >= 0.6 is 0 Å². The van der Waals surface area contributed by atoms with Crippen LogP contribution in [0.25, 0.3) is 16.9 Å². The Balaban J connectivity index is 1.80. The molecular formula is C19H20N4O2. The molecule has 25 heavy (non-hydrogen) atoms. The summed E-state index contributed by atoms with van der Waals surface area (Å²) in [4.78, 5) is 17.3. The van der Waals surface area contributed by atoms with Crippen molar-refractivity contribution in [3.05, 3.63) is 48.2 Å². The molecule has 6 heteroatoms. The number of hydrogen-bond donors (Lipinski definition) is 2. The van der Waals surface area contributed by atoms with Gasteiger partial charge in [-0.25, -0.2) is 4.98 Å². The van der Waals surface area contributed by atoms with Crippen LogP contribution in [0.4, 0.5) is 0 Å². The fourth-order valence-corrected chi connectivity index (χ4v) is 3.44. The van der Waals surface area contributed by atoms with Gasteiger partial charge >= 0.3 is 0 Å².